The molecule has 0 radical (unpaired) electrons. The molecule has 1 aliphatic rings. The van der Waals surface area contributed by atoms with Gasteiger partial charge in [0.15, 0.2) is 0 Å². The van der Waals surface area contributed by atoms with Crippen LogP contribution in [0.1, 0.15) is 38.1 Å². The number of carbonyl (C=O) groups excluding carboxylic acids is 2. The van der Waals surface area contributed by atoms with Crippen LogP contribution >= 0.6 is 0 Å². The summed E-state index contributed by atoms with van der Waals surface area (Å²) >= 11 is 0. The van der Waals surface area contributed by atoms with Crippen molar-refractivity contribution in [3.05, 3.63) is 35.9 Å². The number of hydrogen-bond donors (Lipinski definition) is 1. The lowest BCUT2D eigenvalue weighted by Gasteiger charge is -2.23. The van der Waals surface area contributed by atoms with E-state index in [4.69, 9.17) is 4.74 Å². The largest absolute Gasteiger partial charge is 0.444 e. The zero-order valence-electron chi connectivity index (χ0n) is 13.6. The quantitative estimate of drug-likeness (QED) is 0.914. The van der Waals surface area contributed by atoms with Crippen molar-refractivity contribution in [2.75, 3.05) is 13.1 Å². The molecule has 0 aromatic heterocycles. The summed E-state index contributed by atoms with van der Waals surface area (Å²) in [5.74, 6) is 0.195. The van der Waals surface area contributed by atoms with Crippen LogP contribution in [0.2, 0.25) is 0 Å². The fourth-order valence-electron chi connectivity index (χ4n) is 2.54. The number of amides is 2. The van der Waals surface area contributed by atoms with Gasteiger partial charge in [-0.3, -0.25) is 4.79 Å². The van der Waals surface area contributed by atoms with Gasteiger partial charge >= 0.3 is 6.09 Å². The van der Waals surface area contributed by atoms with Gasteiger partial charge in [0.05, 0.1) is 6.04 Å². The number of nitrogens with zero attached hydrogens (tertiary/aromatic N) is 1. The molecule has 1 aliphatic heterocycles. The summed E-state index contributed by atoms with van der Waals surface area (Å²) in [6.45, 7) is 8.66. The van der Waals surface area contributed by atoms with E-state index in [1.165, 1.54) is 0 Å². The third kappa shape index (κ3) is 4.23. The van der Waals surface area contributed by atoms with E-state index < -0.39 is 11.7 Å². The molecule has 0 spiro atoms. The molecule has 1 heterocycles. The van der Waals surface area contributed by atoms with Crippen LogP contribution in [0.4, 0.5) is 4.79 Å². The molecule has 1 N–H and O–H groups in total. The molecule has 1 fully saturated rings. The number of ether oxygens (including phenoxy) is 1. The zero-order chi connectivity index (χ0) is 16.3. The van der Waals surface area contributed by atoms with Crippen molar-refractivity contribution in [3.63, 3.8) is 0 Å². The molecule has 120 valence electrons. The van der Waals surface area contributed by atoms with Gasteiger partial charge in [0, 0.05) is 18.7 Å². The SMILES string of the molecule is CC1CN(C(=O)c2ccccc2)CC1NC(=O)OC(C)(C)C. The normalized spacial score (nSPS) is 21.5. The Morgan fingerprint density at radius 3 is 2.41 bits per heavy atom. The highest BCUT2D eigenvalue weighted by molar-refractivity contribution is 5.94. The maximum Gasteiger partial charge on any atom is 0.407 e. The Bertz CT molecular complexity index is 537. The van der Waals surface area contributed by atoms with Crippen LogP contribution in [0.5, 0.6) is 0 Å². The number of hydrogen-bond acceptors (Lipinski definition) is 3. The lowest BCUT2D eigenvalue weighted by molar-refractivity contribution is 0.0494. The third-order valence-electron chi connectivity index (χ3n) is 3.62. The number of carbonyl (C=O) groups is 2. The third-order valence-corrected chi connectivity index (χ3v) is 3.62. The van der Waals surface area contributed by atoms with E-state index in [9.17, 15) is 9.59 Å². The van der Waals surface area contributed by atoms with Crippen LogP contribution in [-0.4, -0.2) is 41.6 Å². The summed E-state index contributed by atoms with van der Waals surface area (Å²) < 4.78 is 5.27. The highest BCUT2D eigenvalue weighted by atomic mass is 16.6. The summed E-state index contributed by atoms with van der Waals surface area (Å²) in [7, 11) is 0. The van der Waals surface area contributed by atoms with Gasteiger partial charge in [-0.15, -0.1) is 0 Å². The second kappa shape index (κ2) is 6.38. The van der Waals surface area contributed by atoms with E-state index in [1.807, 2.05) is 58.0 Å². The standard InChI is InChI=1S/C17H24N2O3/c1-12-10-19(15(20)13-8-6-5-7-9-13)11-14(12)18-16(21)22-17(2,3)4/h5-9,12,14H,10-11H2,1-4H3,(H,18,21). The van der Waals surface area contributed by atoms with E-state index >= 15 is 0 Å². The molecule has 2 unspecified atom stereocenters. The molecule has 2 rings (SSSR count). The molecule has 0 aliphatic carbocycles. The van der Waals surface area contributed by atoms with Crippen LogP contribution in [0.25, 0.3) is 0 Å². The first kappa shape index (κ1) is 16.3. The zero-order valence-corrected chi connectivity index (χ0v) is 13.6. The van der Waals surface area contributed by atoms with Gasteiger partial charge < -0.3 is 15.0 Å². The number of benzene rings is 1. The van der Waals surface area contributed by atoms with Crippen molar-refractivity contribution in [1.82, 2.24) is 10.2 Å². The van der Waals surface area contributed by atoms with Crippen molar-refractivity contribution in [3.8, 4) is 0 Å². The molecule has 0 saturated carbocycles. The van der Waals surface area contributed by atoms with Gasteiger partial charge in [-0.05, 0) is 38.8 Å². The molecule has 1 aromatic rings. The van der Waals surface area contributed by atoms with Crippen molar-refractivity contribution in [2.24, 2.45) is 5.92 Å². The summed E-state index contributed by atoms with van der Waals surface area (Å²) in [5, 5.41) is 2.87. The second-order valence-corrected chi connectivity index (χ2v) is 6.81. The molecule has 2 atom stereocenters. The summed E-state index contributed by atoms with van der Waals surface area (Å²) in [6.07, 6.45) is -0.432. The maximum absolute atomic E-state index is 12.4. The number of likely N-dealkylation sites (tertiary alicyclic amines) is 1. The molecule has 2 amide bonds. The number of alkyl carbamates (subject to hydrolysis) is 1. The first-order chi connectivity index (χ1) is 10.3. The van der Waals surface area contributed by atoms with Crippen LogP contribution in [-0.2, 0) is 4.74 Å². The average Bonchev–Trinajstić information content (AvgIpc) is 2.78. The fraction of sp³-hybridized carbons (Fsp3) is 0.529. The van der Waals surface area contributed by atoms with E-state index in [2.05, 4.69) is 5.32 Å². The Hall–Kier alpha value is -2.04. The van der Waals surface area contributed by atoms with Gasteiger partial charge in [-0.2, -0.15) is 0 Å². The van der Waals surface area contributed by atoms with E-state index in [0.717, 1.165) is 0 Å². The average molecular weight is 304 g/mol. The smallest absolute Gasteiger partial charge is 0.407 e. The highest BCUT2D eigenvalue weighted by Gasteiger charge is 2.34. The Morgan fingerprint density at radius 2 is 1.82 bits per heavy atom. The first-order valence-electron chi connectivity index (χ1n) is 7.60. The molecular weight excluding hydrogens is 280 g/mol. The Morgan fingerprint density at radius 1 is 1.18 bits per heavy atom. The Kier molecular flexibility index (Phi) is 4.74. The Labute approximate surface area is 131 Å². The van der Waals surface area contributed by atoms with E-state index in [0.29, 0.717) is 18.7 Å². The second-order valence-electron chi connectivity index (χ2n) is 6.81. The first-order valence-corrected chi connectivity index (χ1v) is 7.60. The highest BCUT2D eigenvalue weighted by Crippen LogP contribution is 2.19. The van der Waals surface area contributed by atoms with Gasteiger partial charge in [0.25, 0.3) is 5.91 Å². The number of rotatable bonds is 2. The van der Waals surface area contributed by atoms with Gasteiger partial charge in [0.1, 0.15) is 5.60 Å². The van der Waals surface area contributed by atoms with Crippen LogP contribution in [0.3, 0.4) is 0 Å². The summed E-state index contributed by atoms with van der Waals surface area (Å²) in [4.78, 5) is 26.1. The van der Waals surface area contributed by atoms with Gasteiger partial charge in [-0.1, -0.05) is 25.1 Å². The minimum atomic E-state index is -0.522. The monoisotopic (exact) mass is 304 g/mol. The van der Waals surface area contributed by atoms with Crippen molar-refractivity contribution in [1.29, 1.82) is 0 Å². The van der Waals surface area contributed by atoms with Gasteiger partial charge in [0.2, 0.25) is 0 Å². The molecule has 5 heteroatoms. The summed E-state index contributed by atoms with van der Waals surface area (Å²) in [6, 6.07) is 9.12. The maximum atomic E-state index is 12.4. The molecule has 0 bridgehead atoms. The van der Waals surface area contributed by atoms with Crippen molar-refractivity contribution >= 4 is 12.0 Å². The van der Waals surface area contributed by atoms with Crippen LogP contribution in [0.15, 0.2) is 30.3 Å². The molecule has 5 nitrogen and oxygen atoms in total. The van der Waals surface area contributed by atoms with E-state index in [1.54, 1.807) is 4.90 Å². The number of nitrogens with one attached hydrogen (secondary N) is 1. The van der Waals surface area contributed by atoms with Crippen LogP contribution in [0, 0.1) is 5.92 Å². The fourth-order valence-corrected chi connectivity index (χ4v) is 2.54. The van der Waals surface area contributed by atoms with Crippen LogP contribution < -0.4 is 5.32 Å². The van der Waals surface area contributed by atoms with E-state index in [-0.39, 0.29) is 17.9 Å². The van der Waals surface area contributed by atoms with Crippen molar-refractivity contribution in [2.45, 2.75) is 39.3 Å². The minimum Gasteiger partial charge on any atom is -0.444 e. The lowest BCUT2D eigenvalue weighted by atomic mass is 10.1. The van der Waals surface area contributed by atoms with Gasteiger partial charge in [-0.25, -0.2) is 4.79 Å². The summed E-state index contributed by atoms with van der Waals surface area (Å²) in [5.41, 5.74) is 0.151. The topological polar surface area (TPSA) is 58.6 Å². The minimum absolute atomic E-state index is 0.000869. The predicted molar refractivity (Wildman–Crippen MR) is 84.7 cm³/mol. The predicted octanol–water partition coefficient (Wildman–Crippen LogP) is 2.67. The molecule has 22 heavy (non-hydrogen) atoms. The molecular formula is C17H24N2O3. The van der Waals surface area contributed by atoms with Crippen molar-refractivity contribution < 1.29 is 14.3 Å². The molecule has 1 saturated heterocycles. The molecule has 1 aromatic carbocycles. The lowest BCUT2D eigenvalue weighted by Crippen LogP contribution is -2.43. The Balaban J connectivity index is 1.95.